The fourth-order valence-corrected chi connectivity index (χ4v) is 4.32. The van der Waals surface area contributed by atoms with Crippen LogP contribution in [0.3, 0.4) is 0 Å². The molecule has 188 valence electrons. The van der Waals surface area contributed by atoms with Crippen molar-refractivity contribution in [2.24, 2.45) is 18.9 Å². The largest absolute Gasteiger partial charge is 0.439 e. The van der Waals surface area contributed by atoms with E-state index in [4.69, 9.17) is 14.6 Å². The van der Waals surface area contributed by atoms with Crippen LogP contribution in [0.1, 0.15) is 37.8 Å². The minimum Gasteiger partial charge on any atom is -0.439 e. The molecule has 4 rings (SSSR count). The molecule has 1 aliphatic rings. The number of aryl methyl sites for hydroxylation is 2. The molecule has 0 spiro atoms. The smallest absolute Gasteiger partial charge is 0.222 e. The van der Waals surface area contributed by atoms with Crippen molar-refractivity contribution in [2.75, 3.05) is 26.3 Å². The highest BCUT2D eigenvalue weighted by Gasteiger charge is 2.28. The summed E-state index contributed by atoms with van der Waals surface area (Å²) < 4.78 is 14.0. The summed E-state index contributed by atoms with van der Waals surface area (Å²) in [5, 5.41) is 15.6. The molecule has 1 heterocycles. The molecule has 0 radical (unpaired) electrons. The van der Waals surface area contributed by atoms with Crippen molar-refractivity contribution in [2.45, 2.75) is 46.3 Å². The predicted octanol–water partition coefficient (Wildman–Crippen LogP) is 5.43. The van der Waals surface area contributed by atoms with Crippen LogP contribution < -0.4 is 4.74 Å². The number of aliphatic hydroxyl groups excluding tert-OH is 1. The highest BCUT2D eigenvalue weighted by Crippen LogP contribution is 2.36. The molecule has 6 heteroatoms. The van der Waals surface area contributed by atoms with Gasteiger partial charge in [0.15, 0.2) is 0 Å². The van der Waals surface area contributed by atoms with Gasteiger partial charge in [0.05, 0.1) is 18.3 Å². The first-order valence-corrected chi connectivity index (χ1v) is 12.7. The summed E-state index contributed by atoms with van der Waals surface area (Å²) in [6.07, 6.45) is 1.97. The van der Waals surface area contributed by atoms with Crippen LogP contribution in [0.4, 0.5) is 0 Å². The molecule has 3 aromatic rings. The Morgan fingerprint density at radius 3 is 2.54 bits per heavy atom. The van der Waals surface area contributed by atoms with Crippen LogP contribution in [0.5, 0.6) is 11.6 Å². The van der Waals surface area contributed by atoms with Gasteiger partial charge >= 0.3 is 0 Å². The van der Waals surface area contributed by atoms with Crippen molar-refractivity contribution >= 4 is 0 Å². The molecule has 1 fully saturated rings. The van der Waals surface area contributed by atoms with Crippen molar-refractivity contribution in [3.05, 3.63) is 65.7 Å². The van der Waals surface area contributed by atoms with Crippen LogP contribution in [-0.2, 0) is 18.3 Å². The van der Waals surface area contributed by atoms with Gasteiger partial charge in [0.2, 0.25) is 5.88 Å². The second-order valence-corrected chi connectivity index (χ2v) is 10.3. The molecule has 2 aromatic carbocycles. The van der Waals surface area contributed by atoms with E-state index in [-0.39, 0.29) is 0 Å². The van der Waals surface area contributed by atoms with Gasteiger partial charge in [-0.1, -0.05) is 56.3 Å². The van der Waals surface area contributed by atoms with Crippen molar-refractivity contribution in [3.8, 4) is 22.9 Å². The van der Waals surface area contributed by atoms with E-state index in [2.05, 4.69) is 43.9 Å². The van der Waals surface area contributed by atoms with E-state index in [1.165, 1.54) is 12.8 Å². The van der Waals surface area contributed by atoms with Gasteiger partial charge in [0.1, 0.15) is 11.4 Å². The van der Waals surface area contributed by atoms with Crippen molar-refractivity contribution in [1.29, 1.82) is 0 Å². The molecule has 1 saturated carbocycles. The Bertz CT molecular complexity index is 1080. The first-order valence-electron chi connectivity index (χ1n) is 12.7. The maximum atomic E-state index is 10.8. The zero-order chi connectivity index (χ0) is 24.8. The van der Waals surface area contributed by atoms with Gasteiger partial charge in [0, 0.05) is 38.9 Å². The topological polar surface area (TPSA) is 59.8 Å². The van der Waals surface area contributed by atoms with Crippen molar-refractivity contribution < 1.29 is 14.6 Å². The summed E-state index contributed by atoms with van der Waals surface area (Å²) in [5.41, 5.74) is 4.16. The average Bonchev–Trinajstić information content (AvgIpc) is 3.58. The van der Waals surface area contributed by atoms with Crippen molar-refractivity contribution in [1.82, 2.24) is 14.7 Å². The predicted molar refractivity (Wildman–Crippen MR) is 140 cm³/mol. The molecule has 6 nitrogen and oxygen atoms in total. The van der Waals surface area contributed by atoms with Crippen LogP contribution in [0.2, 0.25) is 0 Å². The lowest BCUT2D eigenvalue weighted by atomic mass is 10.1. The number of ether oxygens (including phenoxy) is 2. The van der Waals surface area contributed by atoms with Crippen LogP contribution in [0, 0.1) is 18.8 Å². The lowest BCUT2D eigenvalue weighted by Gasteiger charge is -2.26. The molecular formula is C29H39N3O3. The fraction of sp³-hybridized carbons (Fsp3) is 0.483. The second-order valence-electron chi connectivity index (χ2n) is 10.3. The van der Waals surface area contributed by atoms with Gasteiger partial charge in [0.25, 0.3) is 0 Å². The van der Waals surface area contributed by atoms with E-state index in [1.807, 2.05) is 48.1 Å². The molecule has 1 atom stereocenters. The summed E-state index contributed by atoms with van der Waals surface area (Å²) in [5.74, 6) is 2.68. The third kappa shape index (κ3) is 7.40. The lowest BCUT2D eigenvalue weighted by Crippen LogP contribution is -2.36. The van der Waals surface area contributed by atoms with E-state index < -0.39 is 6.10 Å². The van der Waals surface area contributed by atoms with Gasteiger partial charge in [-0.25, -0.2) is 4.68 Å². The maximum Gasteiger partial charge on any atom is 0.222 e. The molecule has 0 saturated heterocycles. The second kappa shape index (κ2) is 11.8. The highest BCUT2D eigenvalue weighted by atomic mass is 16.5. The summed E-state index contributed by atoms with van der Waals surface area (Å²) in [6.45, 7) is 9.48. The Morgan fingerprint density at radius 1 is 1.09 bits per heavy atom. The normalized spacial score (nSPS) is 14.6. The number of nitrogens with zero attached hydrogens (tertiary/aromatic N) is 3. The average molecular weight is 478 g/mol. The Kier molecular flexibility index (Phi) is 8.60. The molecule has 0 aliphatic heterocycles. The Hall–Kier alpha value is -2.67. The molecular weight excluding hydrogens is 438 g/mol. The van der Waals surface area contributed by atoms with E-state index in [1.54, 1.807) is 0 Å². The van der Waals surface area contributed by atoms with Gasteiger partial charge in [-0.15, -0.1) is 0 Å². The fourth-order valence-electron chi connectivity index (χ4n) is 4.32. The van der Waals surface area contributed by atoms with Crippen molar-refractivity contribution in [3.63, 3.8) is 0 Å². The van der Waals surface area contributed by atoms with E-state index in [9.17, 15) is 5.11 Å². The molecule has 0 bridgehead atoms. The van der Waals surface area contributed by atoms with E-state index in [0.29, 0.717) is 38.1 Å². The molecule has 0 amide bonds. The number of hydrogen-bond donors (Lipinski definition) is 1. The standard InChI is InChI=1S/C29H39N3O3/c1-21(2)19-34-20-25(33)17-32(16-23-13-14-23)18-27-28(24-10-6-5-7-11-24)30-31(4)29(27)35-26-12-8-9-22(3)15-26/h5-12,15,21,23,25,33H,13-14,16-20H2,1-4H3. The van der Waals surface area contributed by atoms with Crippen LogP contribution in [0.15, 0.2) is 54.6 Å². The number of rotatable bonds is 13. The maximum absolute atomic E-state index is 10.8. The molecule has 35 heavy (non-hydrogen) atoms. The third-order valence-corrected chi connectivity index (χ3v) is 6.16. The van der Waals surface area contributed by atoms with Gasteiger partial charge < -0.3 is 14.6 Å². The molecule has 1 N–H and O–H groups in total. The summed E-state index contributed by atoms with van der Waals surface area (Å²) in [6, 6.07) is 18.3. The number of aromatic nitrogens is 2. The van der Waals surface area contributed by atoms with Gasteiger partial charge in [-0.2, -0.15) is 5.10 Å². The molecule has 1 aliphatic carbocycles. The number of hydrogen-bond acceptors (Lipinski definition) is 5. The van der Waals surface area contributed by atoms with Crippen LogP contribution >= 0.6 is 0 Å². The minimum absolute atomic E-state index is 0.352. The lowest BCUT2D eigenvalue weighted by molar-refractivity contribution is 0.00613. The Labute approximate surface area is 209 Å². The summed E-state index contributed by atoms with van der Waals surface area (Å²) in [4.78, 5) is 2.34. The SMILES string of the molecule is Cc1cccc(Oc2c(CN(CC(O)COCC(C)C)CC3CC3)c(-c3ccccc3)nn2C)c1. The quantitative estimate of drug-likeness (QED) is 0.356. The Balaban J connectivity index is 1.61. The van der Waals surface area contributed by atoms with E-state index >= 15 is 0 Å². The zero-order valence-electron chi connectivity index (χ0n) is 21.5. The molecule has 1 unspecified atom stereocenters. The summed E-state index contributed by atoms with van der Waals surface area (Å²) in [7, 11) is 1.93. The first kappa shape index (κ1) is 25.4. The monoisotopic (exact) mass is 477 g/mol. The highest BCUT2D eigenvalue weighted by molar-refractivity contribution is 5.65. The minimum atomic E-state index is -0.537. The van der Waals surface area contributed by atoms with E-state index in [0.717, 1.165) is 40.6 Å². The first-order chi connectivity index (χ1) is 16.9. The van der Waals surface area contributed by atoms with Gasteiger partial charge in [-0.05, 0) is 49.3 Å². The third-order valence-electron chi connectivity index (χ3n) is 6.16. The van der Waals surface area contributed by atoms with Crippen LogP contribution in [0.25, 0.3) is 11.3 Å². The Morgan fingerprint density at radius 2 is 1.86 bits per heavy atom. The summed E-state index contributed by atoms with van der Waals surface area (Å²) >= 11 is 0. The molecule has 1 aromatic heterocycles. The van der Waals surface area contributed by atoms with Gasteiger partial charge in [-0.3, -0.25) is 4.90 Å². The van der Waals surface area contributed by atoms with Crippen LogP contribution in [-0.4, -0.2) is 52.2 Å². The number of aliphatic hydroxyl groups is 1. The zero-order valence-corrected chi connectivity index (χ0v) is 21.5. The number of benzene rings is 2.